The Morgan fingerprint density at radius 2 is 2.17 bits per heavy atom. The van der Waals surface area contributed by atoms with Gasteiger partial charge in [-0.25, -0.2) is 4.79 Å². The van der Waals surface area contributed by atoms with E-state index in [9.17, 15) is 14.7 Å². The molecule has 1 aromatic heterocycles. The van der Waals surface area contributed by atoms with Gasteiger partial charge in [0.05, 0.1) is 19.3 Å². The summed E-state index contributed by atoms with van der Waals surface area (Å²) in [6.07, 6.45) is 5.55. The highest BCUT2D eigenvalue weighted by Crippen LogP contribution is 2.59. The van der Waals surface area contributed by atoms with Crippen molar-refractivity contribution in [3.05, 3.63) is 32.5 Å². The van der Waals surface area contributed by atoms with Gasteiger partial charge in [0, 0.05) is 20.1 Å². The van der Waals surface area contributed by atoms with Crippen LogP contribution in [0.15, 0.2) is 21.2 Å². The number of rotatable bonds is 10. The molecule has 30 heavy (non-hydrogen) atoms. The van der Waals surface area contributed by atoms with E-state index in [1.54, 1.807) is 11.9 Å². The molecule has 4 rings (SSSR count). The van der Waals surface area contributed by atoms with Crippen LogP contribution in [0.5, 0.6) is 0 Å². The molecule has 1 heterocycles. The van der Waals surface area contributed by atoms with Crippen LogP contribution in [0, 0.1) is 17.3 Å². The van der Waals surface area contributed by atoms with Crippen LogP contribution >= 0.6 is 0 Å². The molecule has 8 nitrogen and oxygen atoms in total. The Morgan fingerprint density at radius 1 is 1.43 bits per heavy atom. The lowest BCUT2D eigenvalue weighted by atomic mass is 9.49. The normalized spacial score (nSPS) is 22.9. The highest BCUT2D eigenvalue weighted by molar-refractivity contribution is 5.62. The Kier molecular flexibility index (Phi) is 6.77. The van der Waals surface area contributed by atoms with Crippen molar-refractivity contribution in [3.8, 4) is 0 Å². The molecule has 3 atom stereocenters. The minimum Gasteiger partial charge on any atom is -0.389 e. The largest absolute Gasteiger partial charge is 0.389 e. The van der Waals surface area contributed by atoms with Crippen molar-refractivity contribution in [2.24, 2.45) is 17.3 Å². The van der Waals surface area contributed by atoms with Gasteiger partial charge in [-0.05, 0) is 42.1 Å². The number of aromatic nitrogens is 2. The maximum Gasteiger partial charge on any atom is 0.330 e. The van der Waals surface area contributed by atoms with Crippen LogP contribution in [0.25, 0.3) is 0 Å². The van der Waals surface area contributed by atoms with E-state index >= 15 is 0 Å². The van der Waals surface area contributed by atoms with E-state index in [2.05, 4.69) is 24.9 Å². The molecule has 8 heteroatoms. The lowest BCUT2D eigenvalue weighted by Gasteiger charge is -2.56. The zero-order chi connectivity index (χ0) is 22.1. The first-order chi connectivity index (χ1) is 14.2. The third kappa shape index (κ3) is 4.34. The van der Waals surface area contributed by atoms with Crippen molar-refractivity contribution < 1.29 is 9.84 Å². The highest BCUT2D eigenvalue weighted by Gasteiger charge is 2.50. The molecule has 1 fully saturated rings. The van der Waals surface area contributed by atoms with Crippen LogP contribution < -0.4 is 21.9 Å². The summed E-state index contributed by atoms with van der Waals surface area (Å²) in [7, 11) is 1.68. The van der Waals surface area contributed by atoms with Crippen molar-refractivity contribution in [1.82, 2.24) is 9.55 Å². The average Bonchev–Trinajstić information content (AvgIpc) is 2.67. The number of nitrogens with two attached hydrogens (primary N) is 1. The summed E-state index contributed by atoms with van der Waals surface area (Å²) in [4.78, 5) is 28.3. The van der Waals surface area contributed by atoms with Gasteiger partial charge in [0.1, 0.15) is 11.5 Å². The van der Waals surface area contributed by atoms with Crippen LogP contribution in [0.1, 0.15) is 46.5 Å². The van der Waals surface area contributed by atoms with Gasteiger partial charge in [0.25, 0.3) is 5.56 Å². The Balaban J connectivity index is 1.57. The number of hydrogen-bond donors (Lipinski definition) is 3. The van der Waals surface area contributed by atoms with Gasteiger partial charge in [0.2, 0.25) is 0 Å². The van der Waals surface area contributed by atoms with E-state index in [4.69, 9.17) is 10.5 Å². The first kappa shape index (κ1) is 22.6. The minimum absolute atomic E-state index is 0.127. The molecule has 1 aromatic rings. The van der Waals surface area contributed by atoms with E-state index < -0.39 is 17.4 Å². The van der Waals surface area contributed by atoms with Gasteiger partial charge in [0.15, 0.2) is 0 Å². The zero-order valence-electron chi connectivity index (χ0n) is 18.6. The second kappa shape index (κ2) is 8.98. The topological polar surface area (TPSA) is 114 Å². The molecule has 168 valence electrons. The molecular formula is C22H36N4O4. The number of aromatic amines is 1. The summed E-state index contributed by atoms with van der Waals surface area (Å²) in [6.45, 7) is 7.99. The third-order valence-electron chi connectivity index (χ3n) is 6.98. The number of anilines is 2. The maximum absolute atomic E-state index is 12.3. The number of aliphatic hydroxyl groups excluding tert-OH is 1. The summed E-state index contributed by atoms with van der Waals surface area (Å²) in [5.41, 5.74) is 6.96. The van der Waals surface area contributed by atoms with Crippen molar-refractivity contribution >= 4 is 11.5 Å². The predicted molar refractivity (Wildman–Crippen MR) is 119 cm³/mol. The SMILES string of the molecule is CCCCn1c(N)c(N(C)CC(O)COCC2=CCC3CC2C3(C)C)c(=O)[nH]c1=O. The van der Waals surface area contributed by atoms with Gasteiger partial charge in [-0.15, -0.1) is 0 Å². The van der Waals surface area contributed by atoms with Gasteiger partial charge in [-0.1, -0.05) is 33.3 Å². The molecule has 3 aliphatic rings. The molecule has 2 bridgehead atoms. The molecule has 1 saturated carbocycles. The van der Waals surface area contributed by atoms with Crippen molar-refractivity contribution in [2.45, 2.75) is 59.1 Å². The van der Waals surface area contributed by atoms with Gasteiger partial charge < -0.3 is 20.5 Å². The lowest BCUT2D eigenvalue weighted by molar-refractivity contribution is -0.0231. The number of unbranched alkanes of at least 4 members (excludes halogenated alkanes) is 1. The van der Waals surface area contributed by atoms with Crippen LogP contribution in [-0.2, 0) is 11.3 Å². The number of H-pyrrole nitrogens is 1. The first-order valence-corrected chi connectivity index (χ1v) is 10.9. The highest BCUT2D eigenvalue weighted by atomic mass is 16.5. The van der Waals surface area contributed by atoms with E-state index in [0.29, 0.717) is 24.5 Å². The second-order valence-corrected chi connectivity index (χ2v) is 9.37. The molecule has 0 saturated heterocycles. The van der Waals surface area contributed by atoms with Crippen molar-refractivity contribution in [3.63, 3.8) is 0 Å². The van der Waals surface area contributed by atoms with Gasteiger partial charge in [-0.3, -0.25) is 14.3 Å². The van der Waals surface area contributed by atoms with E-state index in [1.807, 2.05) is 6.92 Å². The number of hydrogen-bond acceptors (Lipinski definition) is 6. The Hall–Kier alpha value is -2.06. The fourth-order valence-electron chi connectivity index (χ4n) is 4.90. The molecule has 4 N–H and O–H groups in total. The zero-order valence-corrected chi connectivity index (χ0v) is 18.6. The van der Waals surface area contributed by atoms with E-state index in [1.165, 1.54) is 16.6 Å². The molecule has 0 spiro atoms. The third-order valence-corrected chi connectivity index (χ3v) is 6.98. The molecule has 0 aliphatic heterocycles. The number of allylic oxidation sites excluding steroid dienone is 1. The summed E-state index contributed by atoms with van der Waals surface area (Å²) in [6, 6.07) is 0. The number of likely N-dealkylation sites (N-methyl/N-ethyl adjacent to an activating group) is 1. The fraction of sp³-hybridized carbons (Fsp3) is 0.727. The predicted octanol–water partition coefficient (Wildman–Crippen LogP) is 1.73. The van der Waals surface area contributed by atoms with Crippen molar-refractivity contribution in [1.29, 1.82) is 0 Å². The second-order valence-electron chi connectivity index (χ2n) is 9.37. The van der Waals surface area contributed by atoms with E-state index in [0.717, 1.165) is 25.2 Å². The van der Waals surface area contributed by atoms with Gasteiger partial charge in [-0.2, -0.15) is 0 Å². The van der Waals surface area contributed by atoms with Crippen LogP contribution in [0.3, 0.4) is 0 Å². The molecule has 0 amide bonds. The summed E-state index contributed by atoms with van der Waals surface area (Å²) in [5, 5.41) is 10.4. The average molecular weight is 421 g/mol. The quantitative estimate of drug-likeness (QED) is 0.497. The molecular weight excluding hydrogens is 384 g/mol. The summed E-state index contributed by atoms with van der Waals surface area (Å²) < 4.78 is 7.18. The van der Waals surface area contributed by atoms with Crippen LogP contribution in [0.4, 0.5) is 11.5 Å². The molecule has 0 radical (unpaired) electrons. The number of aliphatic hydroxyl groups is 1. The van der Waals surface area contributed by atoms with Gasteiger partial charge >= 0.3 is 5.69 Å². The number of nitrogens with zero attached hydrogens (tertiary/aromatic N) is 2. The van der Waals surface area contributed by atoms with Crippen LogP contribution in [-0.4, -0.2) is 47.6 Å². The van der Waals surface area contributed by atoms with E-state index in [-0.39, 0.29) is 24.7 Å². The number of fused-ring (bicyclic) bond motifs is 1. The van der Waals surface area contributed by atoms with Crippen molar-refractivity contribution in [2.75, 3.05) is 37.4 Å². The first-order valence-electron chi connectivity index (χ1n) is 10.9. The monoisotopic (exact) mass is 420 g/mol. The standard InChI is InChI=1S/C22H36N4O4/c1-5-6-9-26-19(23)18(20(28)24-21(26)29)25(4)11-16(27)13-30-12-14-7-8-15-10-17(14)22(15,2)3/h7,15-17,27H,5-6,8-13,23H2,1-4H3,(H,24,28,29). The number of nitrogen functional groups attached to an aromatic ring is 1. The summed E-state index contributed by atoms with van der Waals surface area (Å²) >= 11 is 0. The summed E-state index contributed by atoms with van der Waals surface area (Å²) in [5.74, 6) is 1.50. The smallest absolute Gasteiger partial charge is 0.330 e. The molecule has 0 aromatic carbocycles. The number of ether oxygens (including phenoxy) is 1. The van der Waals surface area contributed by atoms with Crippen LogP contribution in [0.2, 0.25) is 0 Å². The Labute approximate surface area is 177 Å². The lowest BCUT2D eigenvalue weighted by Crippen LogP contribution is -2.48. The minimum atomic E-state index is -0.781. The molecule has 3 unspecified atom stereocenters. The Bertz CT molecular complexity index is 901. The Morgan fingerprint density at radius 3 is 2.80 bits per heavy atom. The molecule has 3 aliphatic carbocycles. The number of nitrogens with one attached hydrogen (secondary N) is 1. The maximum atomic E-state index is 12.3. The fourth-order valence-corrected chi connectivity index (χ4v) is 4.90.